The second-order valence-electron chi connectivity index (χ2n) is 6.99. The first-order chi connectivity index (χ1) is 14.2. The molecule has 0 bridgehead atoms. The third-order valence-electron chi connectivity index (χ3n) is 5.10. The van der Waals surface area contributed by atoms with E-state index in [1.807, 2.05) is 48.5 Å². The van der Waals surface area contributed by atoms with Gasteiger partial charge in [0.05, 0.1) is 5.69 Å². The smallest absolute Gasteiger partial charge is 0.423 e. The molecule has 1 aliphatic heterocycles. The zero-order valence-electron chi connectivity index (χ0n) is 15.6. The molecule has 0 spiro atoms. The highest BCUT2D eigenvalue weighted by Gasteiger charge is 2.19. The average Bonchev–Trinajstić information content (AvgIpc) is 2.77. The van der Waals surface area contributed by atoms with E-state index in [-0.39, 0.29) is 0 Å². The monoisotopic (exact) mass is 379 g/mol. The molecular weight excluding hydrogens is 361 g/mol. The Hall–Kier alpha value is -3.48. The first-order valence-corrected chi connectivity index (χ1v) is 9.46. The molecule has 0 radical (unpaired) electrons. The molecule has 1 aliphatic rings. The summed E-state index contributed by atoms with van der Waals surface area (Å²) in [6.07, 6.45) is 4.17. The minimum Gasteiger partial charge on any atom is -0.423 e. The van der Waals surface area contributed by atoms with E-state index in [9.17, 15) is 10.0 Å². The van der Waals surface area contributed by atoms with E-state index in [0.29, 0.717) is 17.7 Å². The molecule has 29 heavy (non-hydrogen) atoms. The maximum atomic E-state index is 9.33. The zero-order chi connectivity index (χ0) is 19.8. The number of rotatable bonds is 3. The van der Waals surface area contributed by atoms with Crippen molar-refractivity contribution in [3.63, 3.8) is 0 Å². The molecule has 3 heterocycles. The van der Waals surface area contributed by atoms with Gasteiger partial charge in [0.2, 0.25) is 0 Å². The number of aromatic nitrogens is 2. The molecule has 5 nitrogen and oxygen atoms in total. The van der Waals surface area contributed by atoms with Crippen molar-refractivity contribution in [2.75, 3.05) is 11.4 Å². The van der Waals surface area contributed by atoms with Crippen molar-refractivity contribution in [1.29, 1.82) is 0 Å². The highest BCUT2D eigenvalue weighted by atomic mass is 16.4. The highest BCUT2D eigenvalue weighted by molar-refractivity contribution is 6.58. The predicted molar refractivity (Wildman–Crippen MR) is 117 cm³/mol. The van der Waals surface area contributed by atoms with Gasteiger partial charge < -0.3 is 14.9 Å². The molecule has 0 saturated carbocycles. The van der Waals surface area contributed by atoms with E-state index in [1.54, 1.807) is 12.1 Å². The van der Waals surface area contributed by atoms with Crippen LogP contribution in [0.4, 0.5) is 11.5 Å². The Bertz CT molecular complexity index is 1210. The van der Waals surface area contributed by atoms with Gasteiger partial charge in [0.15, 0.2) is 5.65 Å². The Morgan fingerprint density at radius 3 is 2.41 bits per heavy atom. The average molecular weight is 379 g/mol. The first-order valence-electron chi connectivity index (χ1n) is 9.46. The normalized spacial score (nSPS) is 12.8. The summed E-state index contributed by atoms with van der Waals surface area (Å²) >= 11 is 0. The Balaban J connectivity index is 1.59. The Kier molecular flexibility index (Phi) is 4.35. The lowest BCUT2D eigenvalue weighted by Crippen LogP contribution is -2.30. The van der Waals surface area contributed by atoms with E-state index in [1.165, 1.54) is 0 Å². The summed E-state index contributed by atoms with van der Waals surface area (Å²) in [5.74, 6) is 0.843. The van der Waals surface area contributed by atoms with Crippen molar-refractivity contribution in [3.8, 4) is 11.3 Å². The highest BCUT2D eigenvalue weighted by Crippen LogP contribution is 2.33. The number of nitrogens with zero attached hydrogens (tertiary/aromatic N) is 3. The molecule has 0 atom stereocenters. The molecule has 2 aromatic carbocycles. The van der Waals surface area contributed by atoms with Gasteiger partial charge in [-0.1, -0.05) is 54.6 Å². The van der Waals surface area contributed by atoms with E-state index in [2.05, 4.69) is 29.2 Å². The van der Waals surface area contributed by atoms with Crippen LogP contribution in [0.5, 0.6) is 0 Å². The predicted octanol–water partition coefficient (Wildman–Crippen LogP) is 3.14. The number of benzene rings is 2. The van der Waals surface area contributed by atoms with Gasteiger partial charge in [-0.15, -0.1) is 0 Å². The van der Waals surface area contributed by atoms with Crippen molar-refractivity contribution in [2.24, 2.45) is 0 Å². The topological polar surface area (TPSA) is 69.5 Å². The molecule has 0 saturated heterocycles. The van der Waals surface area contributed by atoms with Crippen LogP contribution in [0.1, 0.15) is 5.56 Å². The van der Waals surface area contributed by atoms with Crippen LogP contribution in [0.25, 0.3) is 28.4 Å². The first kappa shape index (κ1) is 17.6. The molecule has 5 rings (SSSR count). The van der Waals surface area contributed by atoms with E-state index >= 15 is 0 Å². The van der Waals surface area contributed by atoms with Gasteiger partial charge in [0.25, 0.3) is 0 Å². The lowest BCUT2D eigenvalue weighted by Gasteiger charge is -2.27. The molecule has 2 N–H and O–H groups in total. The third kappa shape index (κ3) is 3.29. The van der Waals surface area contributed by atoms with Crippen LogP contribution in [-0.4, -0.2) is 33.7 Å². The molecule has 0 unspecified atom stereocenters. The van der Waals surface area contributed by atoms with Crippen LogP contribution in [0, 0.1) is 0 Å². The zero-order valence-corrected chi connectivity index (χ0v) is 15.6. The van der Waals surface area contributed by atoms with E-state index in [0.717, 1.165) is 33.7 Å². The van der Waals surface area contributed by atoms with Crippen molar-refractivity contribution in [2.45, 2.75) is 0 Å². The lowest BCUT2D eigenvalue weighted by molar-refractivity contribution is 0.426. The number of hydrogen-bond donors (Lipinski definition) is 2. The molecular formula is C23H18BN3O2. The maximum Gasteiger partial charge on any atom is 0.488 e. The number of fused-ring (bicyclic) bond motifs is 2. The number of anilines is 2. The summed E-state index contributed by atoms with van der Waals surface area (Å²) in [6.45, 7) is 0.685. The summed E-state index contributed by atoms with van der Waals surface area (Å²) in [7, 11) is -1.47. The van der Waals surface area contributed by atoms with Gasteiger partial charge in [0, 0.05) is 28.7 Å². The van der Waals surface area contributed by atoms with Gasteiger partial charge in [-0.2, -0.15) is 0 Å². The summed E-state index contributed by atoms with van der Waals surface area (Å²) < 4.78 is 0. The number of hydrogen-bond acceptors (Lipinski definition) is 5. The summed E-state index contributed by atoms with van der Waals surface area (Å²) in [4.78, 5) is 11.8. The summed E-state index contributed by atoms with van der Waals surface area (Å²) in [6, 6.07) is 23.4. The van der Waals surface area contributed by atoms with E-state index in [4.69, 9.17) is 9.97 Å². The maximum absolute atomic E-state index is 9.33. The Morgan fingerprint density at radius 2 is 1.66 bits per heavy atom. The van der Waals surface area contributed by atoms with Gasteiger partial charge in [0.1, 0.15) is 5.82 Å². The number of pyridine rings is 2. The van der Waals surface area contributed by atoms with Gasteiger partial charge in [-0.05, 0) is 35.8 Å². The lowest BCUT2D eigenvalue weighted by atomic mass is 9.80. The standard InChI is InChI=1S/C23H18BN3O2/c28-24(29)19-9-11-20(12-10-19)27-14-4-7-18-15-17-8-13-21(16-5-2-1-3-6-16)25-22(17)26-23(18)27/h1-13,15,28-29H,14H2. The molecule has 140 valence electrons. The van der Waals surface area contributed by atoms with Crippen LogP contribution in [0.2, 0.25) is 0 Å². The fraction of sp³-hybridized carbons (Fsp3) is 0.0435. The SMILES string of the molecule is OB(O)c1ccc(N2CC=Cc3cc4ccc(-c5ccccc5)nc4nc32)cc1. The molecule has 6 heteroatoms. The quantitative estimate of drug-likeness (QED) is 0.536. The van der Waals surface area contributed by atoms with Crippen molar-refractivity contribution < 1.29 is 10.0 Å². The molecule has 0 fully saturated rings. The van der Waals surface area contributed by atoms with Crippen molar-refractivity contribution in [3.05, 3.63) is 84.4 Å². The Labute approximate surface area is 168 Å². The summed E-state index contributed by atoms with van der Waals surface area (Å²) in [5, 5.41) is 19.7. The van der Waals surface area contributed by atoms with Gasteiger partial charge in [-0.25, -0.2) is 9.97 Å². The molecule has 0 aliphatic carbocycles. The fourth-order valence-corrected chi connectivity index (χ4v) is 3.59. The second kappa shape index (κ2) is 7.16. The largest absolute Gasteiger partial charge is 0.488 e. The third-order valence-corrected chi connectivity index (χ3v) is 5.10. The van der Waals surface area contributed by atoms with Crippen LogP contribution in [0.15, 0.2) is 78.9 Å². The van der Waals surface area contributed by atoms with Gasteiger partial charge in [-0.3, -0.25) is 0 Å². The summed E-state index contributed by atoms with van der Waals surface area (Å²) in [5.41, 5.74) is 5.08. The van der Waals surface area contributed by atoms with Crippen LogP contribution in [-0.2, 0) is 0 Å². The second-order valence-corrected chi connectivity index (χ2v) is 6.99. The van der Waals surface area contributed by atoms with Crippen LogP contribution in [0.3, 0.4) is 0 Å². The molecule has 2 aromatic heterocycles. The fourth-order valence-electron chi connectivity index (χ4n) is 3.59. The van der Waals surface area contributed by atoms with Crippen molar-refractivity contribution >= 4 is 41.2 Å². The van der Waals surface area contributed by atoms with Crippen molar-refractivity contribution in [1.82, 2.24) is 9.97 Å². The van der Waals surface area contributed by atoms with Crippen LogP contribution < -0.4 is 10.4 Å². The molecule has 4 aromatic rings. The van der Waals surface area contributed by atoms with E-state index < -0.39 is 7.12 Å². The minimum absolute atomic E-state index is 0.460. The molecule has 0 amide bonds. The van der Waals surface area contributed by atoms with Crippen LogP contribution >= 0.6 is 0 Å². The van der Waals surface area contributed by atoms with Gasteiger partial charge >= 0.3 is 7.12 Å². The Morgan fingerprint density at radius 1 is 0.862 bits per heavy atom. The minimum atomic E-state index is -1.47.